The number of nitrogens with zero attached hydrogens (tertiary/aromatic N) is 1. The minimum Gasteiger partial charge on any atom is -0.478 e. The van der Waals surface area contributed by atoms with E-state index < -0.39 is 23.8 Å². The molecule has 0 aliphatic carbocycles. The zero-order valence-corrected chi connectivity index (χ0v) is 14.2. The molecule has 1 heterocycles. The second kappa shape index (κ2) is 7.32. The van der Waals surface area contributed by atoms with Crippen molar-refractivity contribution in [1.82, 2.24) is 5.16 Å². The van der Waals surface area contributed by atoms with Crippen LogP contribution in [0, 0.1) is 0 Å². The van der Waals surface area contributed by atoms with Gasteiger partial charge in [0.25, 0.3) is 0 Å². The minimum atomic E-state index is -4.61. The summed E-state index contributed by atoms with van der Waals surface area (Å²) >= 11 is 5.96. The number of halogens is 4. The van der Waals surface area contributed by atoms with Crippen molar-refractivity contribution in [1.29, 1.82) is 0 Å². The maximum absolute atomic E-state index is 12.9. The molecular weight excluding hydrogens is 387 g/mol. The molecule has 0 bridgehead atoms. The summed E-state index contributed by atoms with van der Waals surface area (Å²) in [5.41, 5.74) is -0.810. The van der Waals surface area contributed by atoms with Crippen LogP contribution in [-0.4, -0.2) is 16.2 Å². The van der Waals surface area contributed by atoms with Crippen molar-refractivity contribution in [3.05, 3.63) is 70.9 Å². The Bertz CT molecular complexity index is 957. The van der Waals surface area contributed by atoms with E-state index in [1.807, 2.05) is 0 Å². The molecule has 0 aliphatic rings. The van der Waals surface area contributed by atoms with Crippen molar-refractivity contribution in [3.8, 4) is 17.1 Å². The molecule has 5 nitrogen and oxygen atoms in total. The first kappa shape index (κ1) is 18.8. The fraction of sp³-hybridized carbons (Fsp3) is 0.111. The first-order valence-electron chi connectivity index (χ1n) is 7.53. The highest BCUT2D eigenvalue weighted by Gasteiger charge is 2.32. The fourth-order valence-corrected chi connectivity index (χ4v) is 2.59. The minimum absolute atomic E-state index is 0.0703. The van der Waals surface area contributed by atoms with Crippen LogP contribution < -0.4 is 4.74 Å². The molecule has 1 aromatic heterocycles. The van der Waals surface area contributed by atoms with Gasteiger partial charge in [0.1, 0.15) is 5.75 Å². The summed E-state index contributed by atoms with van der Waals surface area (Å²) in [5.74, 6) is -1.12. The molecule has 9 heteroatoms. The molecule has 27 heavy (non-hydrogen) atoms. The Hall–Kier alpha value is -3.00. The number of hydrogen-bond acceptors (Lipinski definition) is 4. The number of aromatic nitrogens is 1. The van der Waals surface area contributed by atoms with Gasteiger partial charge in [0.05, 0.1) is 17.3 Å². The van der Waals surface area contributed by atoms with E-state index in [4.69, 9.17) is 20.9 Å². The predicted molar refractivity (Wildman–Crippen MR) is 89.4 cm³/mol. The normalized spacial score (nSPS) is 12.6. The molecule has 140 valence electrons. The number of alkyl halides is 3. The molecule has 0 saturated heterocycles. The number of carbonyl (C=O) groups is 1. The van der Waals surface area contributed by atoms with Gasteiger partial charge in [-0.3, -0.25) is 0 Å². The average molecular weight is 398 g/mol. The Morgan fingerprint density at radius 2 is 1.96 bits per heavy atom. The quantitative estimate of drug-likeness (QED) is 0.639. The average Bonchev–Trinajstić information content (AvgIpc) is 3.14. The summed E-state index contributed by atoms with van der Waals surface area (Å²) in [6.07, 6.45) is -4.90. The summed E-state index contributed by atoms with van der Waals surface area (Å²) in [5, 5.41) is 13.4. The second-order valence-corrected chi connectivity index (χ2v) is 5.91. The first-order chi connectivity index (χ1) is 12.8. The molecule has 0 fully saturated rings. The number of aliphatic carboxylic acids is 1. The number of rotatable bonds is 5. The monoisotopic (exact) mass is 397 g/mol. The van der Waals surface area contributed by atoms with Gasteiger partial charge in [-0.15, -0.1) is 0 Å². The van der Waals surface area contributed by atoms with Gasteiger partial charge in [0.15, 0.2) is 5.76 Å². The number of hydrogen-bond donors (Lipinski definition) is 1. The van der Waals surface area contributed by atoms with Crippen molar-refractivity contribution in [2.24, 2.45) is 0 Å². The molecule has 3 rings (SSSR count). The molecular formula is C18H11ClF3NO4. The molecule has 1 N–H and O–H groups in total. The maximum Gasteiger partial charge on any atom is 0.416 e. The van der Waals surface area contributed by atoms with Gasteiger partial charge in [0.2, 0.25) is 6.10 Å². The van der Waals surface area contributed by atoms with Gasteiger partial charge >= 0.3 is 12.1 Å². The first-order valence-corrected chi connectivity index (χ1v) is 7.91. The van der Waals surface area contributed by atoms with E-state index >= 15 is 0 Å². The van der Waals surface area contributed by atoms with E-state index in [9.17, 15) is 23.1 Å². The Morgan fingerprint density at radius 1 is 1.19 bits per heavy atom. The standard InChI is InChI=1S/C18H11ClF3NO4/c19-12-4-5-14(13(9-12)15-6-7-23-27-15)26-16(17(24)25)10-2-1-3-11(8-10)18(20,21)22/h1-9,16H,(H,24,25). The summed E-state index contributed by atoms with van der Waals surface area (Å²) in [6, 6.07) is 9.81. The van der Waals surface area contributed by atoms with E-state index in [0.29, 0.717) is 10.6 Å². The summed E-state index contributed by atoms with van der Waals surface area (Å²) in [7, 11) is 0. The van der Waals surface area contributed by atoms with Gasteiger partial charge in [-0.2, -0.15) is 13.2 Å². The van der Waals surface area contributed by atoms with Gasteiger partial charge in [0, 0.05) is 16.7 Å². The van der Waals surface area contributed by atoms with Crippen molar-refractivity contribution >= 4 is 17.6 Å². The Morgan fingerprint density at radius 3 is 2.59 bits per heavy atom. The number of benzene rings is 2. The SMILES string of the molecule is O=C(O)C(Oc1ccc(Cl)cc1-c1ccno1)c1cccc(C(F)(F)F)c1. The van der Waals surface area contributed by atoms with E-state index in [1.54, 1.807) is 0 Å². The van der Waals surface area contributed by atoms with Crippen LogP contribution >= 0.6 is 11.6 Å². The summed E-state index contributed by atoms with van der Waals surface area (Å²) in [4.78, 5) is 11.7. The van der Waals surface area contributed by atoms with Crippen LogP contribution in [0.5, 0.6) is 5.75 Å². The van der Waals surface area contributed by atoms with Crippen molar-refractivity contribution in [3.63, 3.8) is 0 Å². The van der Waals surface area contributed by atoms with Crippen LogP contribution in [0.3, 0.4) is 0 Å². The third-order valence-electron chi connectivity index (χ3n) is 3.63. The zero-order valence-electron chi connectivity index (χ0n) is 13.4. The molecule has 3 aromatic rings. The molecule has 1 unspecified atom stereocenters. The van der Waals surface area contributed by atoms with Gasteiger partial charge in [-0.05, 0) is 30.3 Å². The topological polar surface area (TPSA) is 72.6 Å². The lowest BCUT2D eigenvalue weighted by Crippen LogP contribution is -2.19. The molecule has 0 amide bonds. The van der Waals surface area contributed by atoms with Crippen molar-refractivity contribution < 1.29 is 32.3 Å². The molecule has 0 saturated carbocycles. The largest absolute Gasteiger partial charge is 0.478 e. The summed E-state index contributed by atoms with van der Waals surface area (Å²) < 4.78 is 49.4. The van der Waals surface area contributed by atoms with Crippen molar-refractivity contribution in [2.75, 3.05) is 0 Å². The van der Waals surface area contributed by atoms with Crippen LogP contribution in [0.1, 0.15) is 17.2 Å². The highest BCUT2D eigenvalue weighted by Crippen LogP contribution is 2.36. The number of carboxylic acids is 1. The lowest BCUT2D eigenvalue weighted by molar-refractivity contribution is -0.146. The smallest absolute Gasteiger partial charge is 0.416 e. The number of carboxylic acid groups (broad SMARTS) is 1. The maximum atomic E-state index is 12.9. The molecule has 1 atom stereocenters. The van der Waals surface area contributed by atoms with E-state index in [0.717, 1.165) is 18.2 Å². The number of ether oxygens (including phenoxy) is 1. The third-order valence-corrected chi connectivity index (χ3v) is 3.87. The van der Waals surface area contributed by atoms with E-state index in [2.05, 4.69) is 5.16 Å². The lowest BCUT2D eigenvalue weighted by Gasteiger charge is -2.18. The second-order valence-electron chi connectivity index (χ2n) is 5.48. The van der Waals surface area contributed by atoms with Crippen LogP contribution in [0.15, 0.2) is 59.3 Å². The summed E-state index contributed by atoms with van der Waals surface area (Å²) in [6.45, 7) is 0. The molecule has 0 aliphatic heterocycles. The van der Waals surface area contributed by atoms with E-state index in [1.165, 1.54) is 36.5 Å². The Balaban J connectivity index is 2.01. The highest BCUT2D eigenvalue weighted by atomic mass is 35.5. The Labute approximate surface area is 155 Å². The van der Waals surface area contributed by atoms with Gasteiger partial charge in [-0.25, -0.2) is 4.79 Å². The molecule has 2 aromatic carbocycles. The third kappa shape index (κ3) is 4.22. The Kier molecular flexibility index (Phi) is 5.09. The van der Waals surface area contributed by atoms with Crippen LogP contribution in [0.2, 0.25) is 5.02 Å². The fourth-order valence-electron chi connectivity index (χ4n) is 2.42. The molecule has 0 radical (unpaired) electrons. The van der Waals surface area contributed by atoms with E-state index in [-0.39, 0.29) is 17.1 Å². The van der Waals surface area contributed by atoms with Crippen molar-refractivity contribution in [2.45, 2.75) is 12.3 Å². The van der Waals surface area contributed by atoms with Gasteiger partial charge in [-0.1, -0.05) is 28.9 Å². The lowest BCUT2D eigenvalue weighted by atomic mass is 10.1. The van der Waals surface area contributed by atoms with Crippen LogP contribution in [0.25, 0.3) is 11.3 Å². The predicted octanol–water partition coefficient (Wildman–Crippen LogP) is 5.22. The van der Waals surface area contributed by atoms with Crippen LogP contribution in [-0.2, 0) is 11.0 Å². The zero-order chi connectivity index (χ0) is 19.6. The van der Waals surface area contributed by atoms with Crippen LogP contribution in [0.4, 0.5) is 13.2 Å². The molecule has 0 spiro atoms. The van der Waals surface area contributed by atoms with Gasteiger partial charge < -0.3 is 14.4 Å². The highest BCUT2D eigenvalue weighted by molar-refractivity contribution is 6.30.